The van der Waals surface area contributed by atoms with E-state index in [1.165, 1.54) is 0 Å². The summed E-state index contributed by atoms with van der Waals surface area (Å²) in [5, 5.41) is 13.2. The molecule has 0 spiro atoms. The summed E-state index contributed by atoms with van der Waals surface area (Å²) in [6.07, 6.45) is 1.64. The topological polar surface area (TPSA) is 73.9 Å². The second-order valence-corrected chi connectivity index (χ2v) is 9.78. The molecule has 37 heavy (non-hydrogen) atoms. The third kappa shape index (κ3) is 3.73. The van der Waals surface area contributed by atoms with E-state index in [0.717, 1.165) is 43.8 Å². The Balaban J connectivity index is 1.35. The third-order valence-electron chi connectivity index (χ3n) is 6.55. The molecule has 1 aliphatic rings. The Morgan fingerprint density at radius 1 is 1.00 bits per heavy atom. The molecule has 0 fully saturated rings. The van der Waals surface area contributed by atoms with E-state index in [0.29, 0.717) is 17.4 Å². The predicted octanol–water partition coefficient (Wildman–Crippen LogP) is 6.57. The number of nitrogens with zero attached hydrogens (tertiary/aromatic N) is 5. The number of fused-ring (bicyclic) bond motifs is 6. The van der Waals surface area contributed by atoms with Crippen molar-refractivity contribution in [2.24, 2.45) is 5.16 Å². The minimum absolute atomic E-state index is 0.126. The fourth-order valence-electron chi connectivity index (χ4n) is 4.90. The van der Waals surface area contributed by atoms with Crippen molar-refractivity contribution in [2.75, 3.05) is 0 Å². The maximum atomic E-state index is 6.36. The maximum absolute atomic E-state index is 6.36. The predicted molar refractivity (Wildman–Crippen MR) is 144 cm³/mol. The second-order valence-electron chi connectivity index (χ2n) is 8.83. The molecule has 0 amide bonds. The van der Waals surface area contributed by atoms with Gasteiger partial charge in [0, 0.05) is 11.5 Å². The van der Waals surface area contributed by atoms with Crippen molar-refractivity contribution in [3.05, 3.63) is 118 Å². The zero-order valence-electron chi connectivity index (χ0n) is 19.9. The Morgan fingerprint density at radius 3 is 2.73 bits per heavy atom. The highest BCUT2D eigenvalue weighted by Crippen LogP contribution is 2.50. The lowest BCUT2D eigenvalue weighted by atomic mass is 9.81. The van der Waals surface area contributed by atoms with Crippen LogP contribution < -0.4 is 4.74 Å². The zero-order chi connectivity index (χ0) is 24.8. The first-order valence-electron chi connectivity index (χ1n) is 12.0. The van der Waals surface area contributed by atoms with Crippen LogP contribution in [0.1, 0.15) is 40.2 Å². The van der Waals surface area contributed by atoms with Crippen LogP contribution in [0.25, 0.3) is 16.4 Å². The van der Waals surface area contributed by atoms with Crippen LogP contribution in [0.4, 0.5) is 0 Å². The minimum atomic E-state index is -0.126. The highest BCUT2D eigenvalue weighted by molar-refractivity contribution is 7.12. The molecule has 0 saturated heterocycles. The van der Waals surface area contributed by atoms with Crippen molar-refractivity contribution in [3.8, 4) is 11.6 Å². The van der Waals surface area contributed by atoms with Crippen molar-refractivity contribution >= 4 is 33.5 Å². The van der Waals surface area contributed by atoms with Gasteiger partial charge in [0.2, 0.25) is 5.88 Å². The number of rotatable bonds is 5. The molecule has 0 aliphatic carbocycles. The number of hydrogen-bond acceptors (Lipinski definition) is 7. The molecular weight excluding hydrogens is 482 g/mol. The summed E-state index contributed by atoms with van der Waals surface area (Å²) in [4.78, 5) is 16.2. The summed E-state index contributed by atoms with van der Waals surface area (Å²) in [6, 6.07) is 26.9. The largest absolute Gasteiger partial charge is 0.438 e. The normalized spacial score (nSPS) is 14.8. The number of thiophene rings is 1. The molecule has 3 aromatic carbocycles. The summed E-state index contributed by atoms with van der Waals surface area (Å²) < 4.78 is 8.06. The number of benzene rings is 3. The molecule has 0 unspecified atom stereocenters. The molecule has 3 aromatic heterocycles. The number of aromatic nitrogens is 4. The van der Waals surface area contributed by atoms with Crippen molar-refractivity contribution in [1.82, 2.24) is 19.6 Å². The number of oxime groups is 1. The van der Waals surface area contributed by atoms with Gasteiger partial charge in [-0.05, 0) is 40.8 Å². The van der Waals surface area contributed by atoms with Gasteiger partial charge >= 0.3 is 0 Å². The van der Waals surface area contributed by atoms with Gasteiger partial charge in [0.25, 0.3) is 0 Å². The molecule has 7 rings (SSSR count). The Morgan fingerprint density at radius 2 is 1.86 bits per heavy atom. The molecule has 4 heterocycles. The van der Waals surface area contributed by atoms with Gasteiger partial charge in [0.15, 0.2) is 18.1 Å². The van der Waals surface area contributed by atoms with E-state index in [2.05, 4.69) is 69.8 Å². The molecule has 0 radical (unpaired) electrons. The van der Waals surface area contributed by atoms with Crippen LogP contribution >= 0.6 is 11.3 Å². The fraction of sp³-hybridized carbons (Fsp3) is 0.103. The van der Waals surface area contributed by atoms with Crippen molar-refractivity contribution < 1.29 is 9.57 Å². The monoisotopic (exact) mass is 503 g/mol. The molecule has 0 bridgehead atoms. The summed E-state index contributed by atoms with van der Waals surface area (Å²) in [6.45, 7) is 2.07. The standard InChI is InChI=1S/C29H21N5O2S/c1-18(23-12-7-15-37-23)33-35-16-24-31-28-27-25(20-9-3-2-4-10-20)26-21-11-6-5-8-19(21)13-14-22(26)36-29(27)30-17-34(28)32-24/h2-15,17,25H,16H2,1H3/b33-18-/t25-/m1/s1. The molecule has 1 atom stereocenters. The van der Waals surface area contributed by atoms with E-state index >= 15 is 0 Å². The van der Waals surface area contributed by atoms with Crippen molar-refractivity contribution in [3.63, 3.8) is 0 Å². The van der Waals surface area contributed by atoms with Crippen LogP contribution in [0.2, 0.25) is 0 Å². The zero-order valence-corrected chi connectivity index (χ0v) is 20.7. The highest BCUT2D eigenvalue weighted by atomic mass is 32.1. The first-order chi connectivity index (χ1) is 18.3. The van der Waals surface area contributed by atoms with Gasteiger partial charge in [-0.2, -0.15) is 0 Å². The summed E-state index contributed by atoms with van der Waals surface area (Å²) in [5.74, 6) is 1.74. The van der Waals surface area contributed by atoms with E-state index in [4.69, 9.17) is 14.6 Å². The van der Waals surface area contributed by atoms with E-state index < -0.39 is 0 Å². The van der Waals surface area contributed by atoms with E-state index in [1.54, 1.807) is 22.2 Å². The van der Waals surface area contributed by atoms with Crippen LogP contribution in [-0.4, -0.2) is 25.3 Å². The maximum Gasteiger partial charge on any atom is 0.228 e. The van der Waals surface area contributed by atoms with E-state index in [1.807, 2.05) is 36.6 Å². The highest BCUT2D eigenvalue weighted by Gasteiger charge is 2.34. The average molecular weight is 504 g/mol. The molecule has 8 heteroatoms. The number of ether oxygens (including phenoxy) is 1. The Hall–Kier alpha value is -4.56. The first kappa shape index (κ1) is 21.7. The van der Waals surface area contributed by atoms with E-state index in [-0.39, 0.29) is 12.5 Å². The van der Waals surface area contributed by atoms with Gasteiger partial charge in [0.1, 0.15) is 12.1 Å². The lowest BCUT2D eigenvalue weighted by molar-refractivity contribution is 0.125. The van der Waals surface area contributed by atoms with Gasteiger partial charge in [-0.15, -0.1) is 16.4 Å². The molecule has 0 saturated carbocycles. The molecule has 6 aromatic rings. The van der Waals surface area contributed by atoms with Crippen LogP contribution in [-0.2, 0) is 11.4 Å². The van der Waals surface area contributed by atoms with Gasteiger partial charge in [-0.25, -0.2) is 14.5 Å². The van der Waals surface area contributed by atoms with Crippen LogP contribution in [0, 0.1) is 0 Å². The average Bonchev–Trinajstić information content (AvgIpc) is 3.63. The van der Waals surface area contributed by atoms with Crippen LogP contribution in [0.15, 0.2) is 95.7 Å². The van der Waals surface area contributed by atoms with Crippen molar-refractivity contribution in [2.45, 2.75) is 19.4 Å². The van der Waals surface area contributed by atoms with Crippen LogP contribution in [0.5, 0.6) is 11.6 Å². The van der Waals surface area contributed by atoms with Gasteiger partial charge in [-0.3, -0.25) is 0 Å². The Bertz CT molecular complexity index is 1780. The van der Waals surface area contributed by atoms with Gasteiger partial charge < -0.3 is 9.57 Å². The smallest absolute Gasteiger partial charge is 0.228 e. The van der Waals surface area contributed by atoms with Gasteiger partial charge in [-0.1, -0.05) is 71.9 Å². The number of hydrogen-bond donors (Lipinski definition) is 0. The molecule has 7 nitrogen and oxygen atoms in total. The lowest BCUT2D eigenvalue weighted by Gasteiger charge is -2.29. The summed E-state index contributed by atoms with van der Waals surface area (Å²) in [5.41, 5.74) is 4.63. The van der Waals surface area contributed by atoms with Crippen molar-refractivity contribution in [1.29, 1.82) is 0 Å². The first-order valence-corrected chi connectivity index (χ1v) is 12.8. The molecule has 0 N–H and O–H groups in total. The Labute approximate surface area is 216 Å². The van der Waals surface area contributed by atoms with Gasteiger partial charge in [0.05, 0.1) is 16.2 Å². The second kappa shape index (κ2) is 8.83. The van der Waals surface area contributed by atoms with E-state index in [9.17, 15) is 0 Å². The third-order valence-corrected chi connectivity index (χ3v) is 7.53. The molecular formula is C29H21N5O2S. The SMILES string of the molecule is C/C(=N/OCc1nc2c3c(ncn2n1)Oc1ccc2ccccc2c1[C@H]3c1ccccc1)c1cccs1. The summed E-state index contributed by atoms with van der Waals surface area (Å²) in [7, 11) is 0. The fourth-order valence-corrected chi connectivity index (χ4v) is 5.57. The lowest BCUT2D eigenvalue weighted by Crippen LogP contribution is -2.15. The minimum Gasteiger partial charge on any atom is -0.438 e. The quantitative estimate of drug-likeness (QED) is 0.196. The molecule has 180 valence electrons. The van der Waals surface area contributed by atoms with Crippen LogP contribution in [0.3, 0.4) is 0 Å². The molecule has 1 aliphatic heterocycles. The summed E-state index contributed by atoms with van der Waals surface area (Å²) >= 11 is 1.62. The Kier molecular flexibility index (Phi) is 5.18.